The number of benzene rings is 1. The van der Waals surface area contributed by atoms with Crippen LogP contribution in [-0.4, -0.2) is 31.9 Å². The molecule has 0 atom stereocenters. The quantitative estimate of drug-likeness (QED) is 0.394. The van der Waals surface area contributed by atoms with Crippen LogP contribution in [0.4, 0.5) is 5.69 Å². The van der Waals surface area contributed by atoms with Crippen LogP contribution in [-0.2, 0) is 14.8 Å². The van der Waals surface area contributed by atoms with Gasteiger partial charge < -0.3 is 16.6 Å². The Morgan fingerprint density at radius 1 is 1.30 bits per heavy atom. The Morgan fingerprint density at radius 3 is 2.50 bits per heavy atom. The van der Waals surface area contributed by atoms with Crippen molar-refractivity contribution in [3.63, 3.8) is 0 Å². The zero-order valence-corrected chi connectivity index (χ0v) is 11.3. The highest BCUT2D eigenvalue weighted by atomic mass is 32.2. The topological polar surface area (TPSA) is 153 Å². The van der Waals surface area contributed by atoms with Crippen molar-refractivity contribution in [2.24, 2.45) is 5.73 Å². The molecule has 20 heavy (non-hydrogen) atoms. The molecule has 0 fully saturated rings. The van der Waals surface area contributed by atoms with Crippen molar-refractivity contribution >= 4 is 27.6 Å². The van der Waals surface area contributed by atoms with Crippen molar-refractivity contribution < 1.29 is 23.1 Å². The Labute approximate surface area is 115 Å². The fourth-order valence-electron chi connectivity index (χ4n) is 1.48. The summed E-state index contributed by atoms with van der Waals surface area (Å²) in [6.07, 6.45) is 0.254. The van der Waals surface area contributed by atoms with E-state index in [2.05, 4.69) is 4.72 Å². The number of rotatable bonds is 7. The van der Waals surface area contributed by atoms with E-state index in [9.17, 15) is 18.0 Å². The SMILES string of the molecule is NC(=O)CCCNS(=O)(=O)c1cc(N)ccc1C(=O)O. The molecule has 0 aliphatic rings. The minimum atomic E-state index is -4.02. The number of hydrogen-bond acceptors (Lipinski definition) is 5. The second-order valence-electron chi connectivity index (χ2n) is 4.03. The second-order valence-corrected chi connectivity index (χ2v) is 5.76. The Kier molecular flexibility index (Phi) is 5.06. The molecule has 1 rings (SSSR count). The molecule has 6 N–H and O–H groups in total. The molecule has 1 aromatic carbocycles. The van der Waals surface area contributed by atoms with Crippen LogP contribution in [0.5, 0.6) is 0 Å². The Balaban J connectivity index is 2.94. The first-order chi connectivity index (χ1) is 9.24. The number of amides is 1. The average Bonchev–Trinajstić information content (AvgIpc) is 2.34. The van der Waals surface area contributed by atoms with Gasteiger partial charge >= 0.3 is 5.97 Å². The van der Waals surface area contributed by atoms with Crippen LogP contribution in [0.2, 0.25) is 0 Å². The number of carbonyl (C=O) groups is 2. The number of carbonyl (C=O) groups excluding carboxylic acids is 1. The Morgan fingerprint density at radius 2 is 1.95 bits per heavy atom. The van der Waals surface area contributed by atoms with Gasteiger partial charge in [-0.2, -0.15) is 0 Å². The third-order valence-corrected chi connectivity index (χ3v) is 3.92. The molecule has 110 valence electrons. The lowest BCUT2D eigenvalue weighted by atomic mass is 10.2. The summed E-state index contributed by atoms with van der Waals surface area (Å²) in [7, 11) is -4.02. The molecule has 8 nitrogen and oxygen atoms in total. The van der Waals surface area contributed by atoms with E-state index < -0.39 is 26.8 Å². The summed E-state index contributed by atoms with van der Waals surface area (Å²) in [6, 6.07) is 3.49. The van der Waals surface area contributed by atoms with E-state index in [0.29, 0.717) is 0 Å². The zero-order chi connectivity index (χ0) is 15.3. The number of nitrogens with one attached hydrogen (secondary N) is 1. The van der Waals surface area contributed by atoms with Crippen LogP contribution in [0.1, 0.15) is 23.2 Å². The van der Waals surface area contributed by atoms with Crippen molar-refractivity contribution in [2.45, 2.75) is 17.7 Å². The number of carboxylic acid groups (broad SMARTS) is 1. The summed E-state index contributed by atoms with van der Waals surface area (Å²) in [4.78, 5) is 21.1. The third-order valence-electron chi connectivity index (χ3n) is 2.42. The number of sulfonamides is 1. The van der Waals surface area contributed by atoms with E-state index in [1.807, 2.05) is 0 Å². The maximum absolute atomic E-state index is 12.0. The maximum atomic E-state index is 12.0. The van der Waals surface area contributed by atoms with Gasteiger partial charge in [-0.25, -0.2) is 17.9 Å². The van der Waals surface area contributed by atoms with Crippen LogP contribution >= 0.6 is 0 Å². The van der Waals surface area contributed by atoms with Crippen LogP contribution in [0.15, 0.2) is 23.1 Å². The van der Waals surface area contributed by atoms with Crippen molar-refractivity contribution in [2.75, 3.05) is 12.3 Å². The summed E-state index contributed by atoms with van der Waals surface area (Å²) < 4.78 is 26.2. The highest BCUT2D eigenvalue weighted by Gasteiger charge is 2.22. The van der Waals surface area contributed by atoms with Gasteiger partial charge in [0, 0.05) is 18.7 Å². The van der Waals surface area contributed by atoms with Crippen molar-refractivity contribution in [1.82, 2.24) is 4.72 Å². The zero-order valence-electron chi connectivity index (χ0n) is 10.5. The summed E-state index contributed by atoms with van der Waals surface area (Å²) >= 11 is 0. The molecule has 9 heteroatoms. The van der Waals surface area contributed by atoms with E-state index >= 15 is 0 Å². The van der Waals surface area contributed by atoms with Gasteiger partial charge in [0.2, 0.25) is 15.9 Å². The monoisotopic (exact) mass is 301 g/mol. The number of carboxylic acids is 1. The predicted octanol–water partition coefficient (Wildman–Crippen LogP) is -0.489. The number of anilines is 1. The highest BCUT2D eigenvalue weighted by molar-refractivity contribution is 7.89. The standard InChI is InChI=1S/C11H15N3O5S/c12-7-3-4-8(11(16)17)9(6-7)20(18,19)14-5-1-2-10(13)15/h3-4,6,14H,1-2,5,12H2,(H2,13,15)(H,16,17). The molecule has 0 saturated heterocycles. The molecule has 0 radical (unpaired) electrons. The molecular weight excluding hydrogens is 286 g/mol. The van der Waals surface area contributed by atoms with Gasteiger partial charge in [-0.1, -0.05) is 0 Å². The summed E-state index contributed by atoms with van der Waals surface area (Å²) in [5.41, 5.74) is 10.2. The molecule has 0 spiro atoms. The van der Waals surface area contributed by atoms with Crippen LogP contribution in [0, 0.1) is 0 Å². The number of hydrogen-bond donors (Lipinski definition) is 4. The van der Waals surface area contributed by atoms with E-state index in [1.165, 1.54) is 6.07 Å². The summed E-state index contributed by atoms with van der Waals surface area (Å²) in [6.45, 7) is -0.0286. The lowest BCUT2D eigenvalue weighted by molar-refractivity contribution is -0.118. The molecule has 0 heterocycles. The minimum absolute atomic E-state index is 0.0286. The van der Waals surface area contributed by atoms with E-state index in [0.717, 1.165) is 12.1 Å². The number of aromatic carboxylic acids is 1. The van der Waals surface area contributed by atoms with Crippen LogP contribution in [0.3, 0.4) is 0 Å². The first-order valence-corrected chi connectivity index (χ1v) is 7.13. The van der Waals surface area contributed by atoms with Crippen molar-refractivity contribution in [3.05, 3.63) is 23.8 Å². The van der Waals surface area contributed by atoms with Gasteiger partial charge in [0.05, 0.1) is 10.5 Å². The minimum Gasteiger partial charge on any atom is -0.478 e. The first kappa shape index (κ1) is 15.9. The van der Waals surface area contributed by atoms with Gasteiger partial charge in [0.25, 0.3) is 0 Å². The summed E-state index contributed by atoms with van der Waals surface area (Å²) in [5.74, 6) is -1.91. The molecule has 0 bridgehead atoms. The molecule has 0 aromatic heterocycles. The second kappa shape index (κ2) is 6.35. The summed E-state index contributed by atoms with van der Waals surface area (Å²) in [5, 5.41) is 8.97. The van der Waals surface area contributed by atoms with Crippen molar-refractivity contribution in [3.8, 4) is 0 Å². The van der Waals surface area contributed by atoms with Gasteiger partial charge in [-0.3, -0.25) is 4.79 Å². The maximum Gasteiger partial charge on any atom is 0.337 e. The fraction of sp³-hybridized carbons (Fsp3) is 0.273. The van der Waals surface area contributed by atoms with E-state index in [1.54, 1.807) is 0 Å². The molecule has 1 aromatic rings. The third kappa shape index (κ3) is 4.21. The predicted molar refractivity (Wildman–Crippen MR) is 71.4 cm³/mol. The smallest absolute Gasteiger partial charge is 0.337 e. The van der Waals surface area contributed by atoms with E-state index in [-0.39, 0.29) is 30.6 Å². The lowest BCUT2D eigenvalue weighted by Gasteiger charge is -2.09. The van der Waals surface area contributed by atoms with Gasteiger partial charge in [-0.15, -0.1) is 0 Å². The van der Waals surface area contributed by atoms with Gasteiger partial charge in [0.15, 0.2) is 0 Å². The number of nitrogens with two attached hydrogens (primary N) is 2. The largest absolute Gasteiger partial charge is 0.478 e. The Hall–Kier alpha value is -2.13. The molecule has 0 unspecified atom stereocenters. The van der Waals surface area contributed by atoms with Crippen LogP contribution < -0.4 is 16.2 Å². The molecule has 1 amide bonds. The molecule has 0 saturated carbocycles. The fourth-order valence-corrected chi connectivity index (χ4v) is 2.79. The molecular formula is C11H15N3O5S. The normalized spacial score (nSPS) is 11.2. The van der Waals surface area contributed by atoms with Gasteiger partial charge in [-0.05, 0) is 24.6 Å². The van der Waals surface area contributed by atoms with Crippen molar-refractivity contribution in [1.29, 1.82) is 0 Å². The lowest BCUT2D eigenvalue weighted by Crippen LogP contribution is -2.27. The number of nitrogen functional groups attached to an aromatic ring is 1. The molecule has 0 aliphatic carbocycles. The van der Waals surface area contributed by atoms with Gasteiger partial charge in [0.1, 0.15) is 0 Å². The number of primary amides is 1. The van der Waals surface area contributed by atoms with Crippen LogP contribution in [0.25, 0.3) is 0 Å². The Bertz CT molecular complexity index is 627. The highest BCUT2D eigenvalue weighted by Crippen LogP contribution is 2.19. The first-order valence-electron chi connectivity index (χ1n) is 5.65. The average molecular weight is 301 g/mol. The van der Waals surface area contributed by atoms with E-state index in [4.69, 9.17) is 16.6 Å². The molecule has 0 aliphatic heterocycles.